The first-order valence-corrected chi connectivity index (χ1v) is 13.6. The van der Waals surface area contributed by atoms with Gasteiger partial charge in [-0.1, -0.05) is 41.5 Å². The van der Waals surface area contributed by atoms with Crippen LogP contribution in [0.15, 0.2) is 85.3 Å². The first-order valence-electron chi connectivity index (χ1n) is 13.6. The van der Waals surface area contributed by atoms with E-state index in [1.54, 1.807) is 30.3 Å². The van der Waals surface area contributed by atoms with Gasteiger partial charge in [0.1, 0.15) is 11.5 Å². The number of benzene rings is 3. The minimum absolute atomic E-state index is 0. The van der Waals surface area contributed by atoms with Gasteiger partial charge in [0.2, 0.25) is 0 Å². The molecule has 7 nitrogen and oxygen atoms in total. The van der Waals surface area contributed by atoms with Crippen LogP contribution in [-0.4, -0.2) is 37.9 Å². The Balaban J connectivity index is 0.000000393. The number of aromatic nitrogens is 2. The summed E-state index contributed by atoms with van der Waals surface area (Å²) in [5.41, 5.74) is -2.52. The Morgan fingerprint density at radius 1 is 0.917 bits per heavy atom. The third kappa shape index (κ3) is 6.12. The predicted molar refractivity (Wildman–Crippen MR) is 154 cm³/mol. The molecule has 2 aliphatic heterocycles. The van der Waals surface area contributed by atoms with E-state index in [4.69, 9.17) is 9.84 Å². The monoisotopic (exact) mass is 838 g/mol. The molecule has 4 heterocycles. The molecule has 3 aromatic carbocycles. The molecule has 2 aromatic heterocycles. The van der Waals surface area contributed by atoms with Gasteiger partial charge in [0.15, 0.2) is 11.6 Å². The van der Waals surface area contributed by atoms with Gasteiger partial charge in [0, 0.05) is 35.3 Å². The average molecular weight is 838 g/mol. The fourth-order valence-corrected chi connectivity index (χ4v) is 5.25. The number of halogens is 6. The number of carboxylic acids is 1. The van der Waals surface area contributed by atoms with Crippen LogP contribution in [0.3, 0.4) is 0 Å². The zero-order valence-corrected chi connectivity index (χ0v) is 26.7. The van der Waals surface area contributed by atoms with Crippen molar-refractivity contribution in [2.45, 2.75) is 5.54 Å². The van der Waals surface area contributed by atoms with Crippen molar-refractivity contribution in [2.24, 2.45) is 0 Å². The second-order valence-corrected chi connectivity index (χ2v) is 10.2. The molecule has 0 bridgehead atoms. The summed E-state index contributed by atoms with van der Waals surface area (Å²) < 4.78 is 93.5. The first kappa shape index (κ1) is 34.1. The topological polar surface area (TPSA) is 78.8 Å². The van der Waals surface area contributed by atoms with Crippen LogP contribution in [0.4, 0.5) is 26.3 Å². The first-order chi connectivity index (χ1) is 22.5. The maximum atomic E-state index is 15.2. The van der Waals surface area contributed by atoms with Crippen molar-refractivity contribution in [1.29, 1.82) is 0 Å². The molecule has 14 heteroatoms. The Kier molecular flexibility index (Phi) is 9.60. The molecule has 0 aliphatic carbocycles. The number of pyridine rings is 2. The van der Waals surface area contributed by atoms with Gasteiger partial charge in [0.05, 0.1) is 22.8 Å². The molecule has 0 spiro atoms. The molecular formula is C34H19F6IrN4O3. The third-order valence-corrected chi connectivity index (χ3v) is 7.18. The molecule has 244 valence electrons. The Morgan fingerprint density at radius 3 is 2.31 bits per heavy atom. The second kappa shape index (κ2) is 13.5. The smallest absolute Gasteiger partial charge is 0.511 e. The fourth-order valence-electron chi connectivity index (χ4n) is 5.25. The van der Waals surface area contributed by atoms with Crippen LogP contribution in [0.25, 0.3) is 11.3 Å². The summed E-state index contributed by atoms with van der Waals surface area (Å²) >= 11 is 0. The Bertz CT molecular complexity index is 1990. The van der Waals surface area contributed by atoms with Gasteiger partial charge < -0.3 is 19.6 Å². The van der Waals surface area contributed by atoms with Gasteiger partial charge in [-0.15, -0.1) is 18.2 Å². The van der Waals surface area contributed by atoms with E-state index in [9.17, 15) is 22.4 Å². The van der Waals surface area contributed by atoms with Gasteiger partial charge in [-0.2, -0.15) is 6.67 Å². The van der Waals surface area contributed by atoms with E-state index in [1.165, 1.54) is 48.2 Å². The molecule has 1 N–H and O–H groups in total. The third-order valence-electron chi connectivity index (χ3n) is 7.18. The zero-order valence-electron chi connectivity index (χ0n) is 24.3. The summed E-state index contributed by atoms with van der Waals surface area (Å²) in [7, 11) is 1.67. The Labute approximate surface area is 283 Å². The number of hydrogen-bond donors (Lipinski definition) is 1. The maximum absolute atomic E-state index is 15.2. The SMILES string of the molecule is CN1C=CN([C@@]2(c3cccc(-c4[c-]cc(F)cc4F)n3)c3[c-]c(F)cc(F)c3Oc3c(F)cc(F)cc32)[CH-]1.O=C(O)c1ccccn1.[Ir+3]. The number of fused-ring (bicyclic) bond motifs is 2. The minimum atomic E-state index is -1.94. The number of ether oxygens (including phenoxy) is 1. The summed E-state index contributed by atoms with van der Waals surface area (Å²) in [6, 6.07) is 17.7. The number of hydrogen-bond acceptors (Lipinski definition) is 6. The second-order valence-electron chi connectivity index (χ2n) is 10.2. The molecule has 7 rings (SSSR count). The normalized spacial score (nSPS) is 15.8. The molecule has 0 unspecified atom stereocenters. The van der Waals surface area contributed by atoms with Crippen molar-refractivity contribution in [2.75, 3.05) is 7.05 Å². The number of aromatic carboxylic acids is 1. The standard InChI is InChI=1S/C28H14F6N3O.C6H5NO2.Ir/c1-36-7-8-37(14-36)28(25-4-2-3-24(35-25)18-6-5-15(29)11-21(18)32)19-9-16(30)12-22(33)26(19)38-27-20(28)10-17(31)13-23(27)34;8-6(9)5-3-1-2-4-7-5;/h2-5,7-9,11-14H,1H3;1-4H,(H,8,9);/q-3;;+3/t28-;;/m1../s1. The van der Waals surface area contributed by atoms with E-state index < -0.39 is 57.9 Å². The summed E-state index contributed by atoms with van der Waals surface area (Å²) in [6.07, 6.45) is 4.56. The number of carbonyl (C=O) groups is 1. The molecule has 0 radical (unpaired) electrons. The van der Waals surface area contributed by atoms with Crippen LogP contribution >= 0.6 is 0 Å². The maximum Gasteiger partial charge on any atom is 3.00 e. The van der Waals surface area contributed by atoms with E-state index in [2.05, 4.69) is 22.1 Å². The summed E-state index contributed by atoms with van der Waals surface area (Å²) in [4.78, 5) is 21.3. The van der Waals surface area contributed by atoms with Crippen LogP contribution in [0, 0.1) is 53.7 Å². The zero-order chi connectivity index (χ0) is 33.5. The largest absolute Gasteiger partial charge is 3.00 e. The van der Waals surface area contributed by atoms with Crippen LogP contribution in [0.5, 0.6) is 11.5 Å². The molecule has 0 fully saturated rings. The van der Waals surface area contributed by atoms with Crippen LogP contribution in [0.2, 0.25) is 0 Å². The van der Waals surface area contributed by atoms with Crippen LogP contribution in [0.1, 0.15) is 27.3 Å². The van der Waals surface area contributed by atoms with E-state index >= 15 is 8.78 Å². The van der Waals surface area contributed by atoms with Crippen LogP contribution in [-0.2, 0) is 25.6 Å². The van der Waals surface area contributed by atoms with E-state index in [0.29, 0.717) is 18.2 Å². The van der Waals surface area contributed by atoms with E-state index in [-0.39, 0.29) is 53.9 Å². The van der Waals surface area contributed by atoms with Gasteiger partial charge >= 0.3 is 26.1 Å². The molecular weight excluding hydrogens is 819 g/mol. The molecule has 1 atom stereocenters. The van der Waals surface area contributed by atoms with Crippen molar-refractivity contribution < 1.29 is 61.1 Å². The average Bonchev–Trinajstić information content (AvgIpc) is 3.47. The fraction of sp³-hybridized carbons (Fsp3) is 0.0588. The Morgan fingerprint density at radius 2 is 1.67 bits per heavy atom. The van der Waals surface area contributed by atoms with Crippen LogP contribution < -0.4 is 4.74 Å². The minimum Gasteiger partial charge on any atom is -0.511 e. The molecule has 2 aliphatic rings. The number of carboxylic acid groups (broad SMARTS) is 1. The van der Waals surface area contributed by atoms with Crippen molar-refractivity contribution in [3.05, 3.63) is 162 Å². The van der Waals surface area contributed by atoms with Gasteiger partial charge in [0.25, 0.3) is 0 Å². The van der Waals surface area contributed by atoms with Gasteiger partial charge in [-0.25, -0.2) is 27.3 Å². The van der Waals surface area contributed by atoms with Crippen molar-refractivity contribution in [3.63, 3.8) is 0 Å². The number of nitrogens with zero attached hydrogens (tertiary/aromatic N) is 4. The van der Waals surface area contributed by atoms with Crippen molar-refractivity contribution in [1.82, 2.24) is 19.8 Å². The molecule has 0 saturated carbocycles. The van der Waals surface area contributed by atoms with Crippen molar-refractivity contribution >= 4 is 5.97 Å². The summed E-state index contributed by atoms with van der Waals surface area (Å²) in [6.45, 7) is 1.51. The van der Waals surface area contributed by atoms with E-state index in [0.717, 1.165) is 12.1 Å². The quantitative estimate of drug-likeness (QED) is 0.152. The molecule has 5 aromatic rings. The molecule has 48 heavy (non-hydrogen) atoms. The molecule has 0 saturated heterocycles. The number of rotatable bonds is 4. The Hall–Kier alpha value is -5.20. The van der Waals surface area contributed by atoms with E-state index in [1.807, 2.05) is 0 Å². The van der Waals surface area contributed by atoms with Gasteiger partial charge in [-0.05, 0) is 49.4 Å². The molecule has 0 amide bonds. The van der Waals surface area contributed by atoms with Gasteiger partial charge in [-0.3, -0.25) is 13.8 Å². The summed E-state index contributed by atoms with van der Waals surface area (Å²) in [5.74, 6) is -8.23. The van der Waals surface area contributed by atoms with Crippen molar-refractivity contribution in [3.8, 4) is 22.8 Å². The predicted octanol–water partition coefficient (Wildman–Crippen LogP) is 7.20. The summed E-state index contributed by atoms with van der Waals surface area (Å²) in [5, 5.41) is 8.32.